The summed E-state index contributed by atoms with van der Waals surface area (Å²) in [4.78, 5) is 24.3. The Labute approximate surface area is 141 Å². The van der Waals surface area contributed by atoms with Gasteiger partial charge in [-0.15, -0.1) is 0 Å². The van der Waals surface area contributed by atoms with E-state index in [0.29, 0.717) is 18.7 Å². The van der Waals surface area contributed by atoms with Crippen LogP contribution in [-0.4, -0.2) is 38.5 Å². The summed E-state index contributed by atoms with van der Waals surface area (Å²) in [6, 6.07) is -0.489. The average Bonchev–Trinajstić information content (AvgIpc) is 3.14. The summed E-state index contributed by atoms with van der Waals surface area (Å²) in [6.07, 6.45) is 5.50. The molecule has 0 aliphatic carbocycles. The number of aryl methyl sites for hydroxylation is 1. The molecule has 0 saturated heterocycles. The zero-order chi connectivity index (χ0) is 17.0. The molecule has 124 valence electrons. The maximum absolute atomic E-state index is 12.5. The smallest absolute Gasteiger partial charge is 0.360 e. The second kappa shape index (κ2) is 7.40. The van der Waals surface area contributed by atoms with Crippen molar-refractivity contribution in [3.63, 3.8) is 0 Å². The lowest BCUT2D eigenvalue weighted by Crippen LogP contribution is -2.26. The molecule has 0 aromatic carbocycles. The Hall–Kier alpha value is -2.16. The van der Waals surface area contributed by atoms with Gasteiger partial charge in [0.15, 0.2) is 5.69 Å². The van der Waals surface area contributed by atoms with Crippen LogP contribution in [0.15, 0.2) is 23.1 Å². The zero-order valence-electron chi connectivity index (χ0n) is 13.1. The first-order chi connectivity index (χ1) is 11.0. The van der Waals surface area contributed by atoms with Crippen LogP contribution in [-0.2, 0) is 16.1 Å². The van der Waals surface area contributed by atoms with E-state index in [0.717, 1.165) is 4.47 Å². The third kappa shape index (κ3) is 3.79. The van der Waals surface area contributed by atoms with Crippen molar-refractivity contribution in [2.45, 2.75) is 32.9 Å². The van der Waals surface area contributed by atoms with Crippen molar-refractivity contribution in [1.82, 2.24) is 19.6 Å². The average molecular weight is 384 g/mol. The van der Waals surface area contributed by atoms with E-state index >= 15 is 0 Å². The fraction of sp³-hybridized carbons (Fsp3) is 0.429. The van der Waals surface area contributed by atoms with Crippen LogP contribution in [0, 0.1) is 0 Å². The van der Waals surface area contributed by atoms with Gasteiger partial charge in [-0.25, -0.2) is 4.79 Å². The highest BCUT2D eigenvalue weighted by Gasteiger charge is 2.24. The molecule has 0 fully saturated rings. The number of hydrogen-bond donors (Lipinski definition) is 1. The standard InChI is InChI=1S/C14H18BrN5O3/c1-4-11(20-7-9(15)6-16-20)13(21)17-10-8-19(5-2)18-12(10)14(22)23-3/h6-8,11H,4-5H2,1-3H3,(H,17,21). The van der Waals surface area contributed by atoms with E-state index in [9.17, 15) is 9.59 Å². The van der Waals surface area contributed by atoms with Gasteiger partial charge in [0.25, 0.3) is 0 Å². The van der Waals surface area contributed by atoms with Crippen LogP contribution in [0.5, 0.6) is 0 Å². The highest BCUT2D eigenvalue weighted by molar-refractivity contribution is 9.10. The number of hydrogen-bond acceptors (Lipinski definition) is 5. The number of amides is 1. The molecular formula is C14H18BrN5O3. The van der Waals surface area contributed by atoms with Crippen molar-refractivity contribution in [2.24, 2.45) is 0 Å². The Morgan fingerprint density at radius 2 is 2.13 bits per heavy atom. The van der Waals surface area contributed by atoms with Gasteiger partial charge < -0.3 is 10.1 Å². The lowest BCUT2D eigenvalue weighted by atomic mass is 10.2. The summed E-state index contributed by atoms with van der Waals surface area (Å²) in [6.45, 7) is 4.34. The molecule has 0 radical (unpaired) electrons. The second-order valence-electron chi connectivity index (χ2n) is 4.79. The first-order valence-corrected chi connectivity index (χ1v) is 7.95. The van der Waals surface area contributed by atoms with Gasteiger partial charge in [-0.1, -0.05) is 6.92 Å². The predicted molar refractivity (Wildman–Crippen MR) is 87.1 cm³/mol. The molecule has 1 N–H and O–H groups in total. The Bertz CT molecular complexity index is 709. The SMILES string of the molecule is CCC(C(=O)Nc1cn(CC)nc1C(=O)OC)n1cc(Br)cn1. The molecule has 0 saturated carbocycles. The minimum atomic E-state index is -0.595. The number of esters is 1. The van der Waals surface area contributed by atoms with Crippen molar-refractivity contribution < 1.29 is 14.3 Å². The zero-order valence-corrected chi connectivity index (χ0v) is 14.7. The summed E-state index contributed by atoms with van der Waals surface area (Å²) >= 11 is 3.31. The third-order valence-corrected chi connectivity index (χ3v) is 3.71. The van der Waals surface area contributed by atoms with Crippen molar-refractivity contribution in [1.29, 1.82) is 0 Å². The fourth-order valence-electron chi connectivity index (χ4n) is 2.12. The first kappa shape index (κ1) is 17.2. The molecule has 2 heterocycles. The van der Waals surface area contributed by atoms with Crippen LogP contribution in [0.25, 0.3) is 0 Å². The Balaban J connectivity index is 2.24. The topological polar surface area (TPSA) is 91.0 Å². The van der Waals surface area contributed by atoms with E-state index in [1.54, 1.807) is 28.0 Å². The lowest BCUT2D eigenvalue weighted by Gasteiger charge is -2.15. The lowest BCUT2D eigenvalue weighted by molar-refractivity contribution is -0.119. The normalized spacial score (nSPS) is 12.0. The van der Waals surface area contributed by atoms with E-state index < -0.39 is 12.0 Å². The number of carbonyl (C=O) groups excluding carboxylic acids is 2. The van der Waals surface area contributed by atoms with Gasteiger partial charge in [0, 0.05) is 18.9 Å². The minimum Gasteiger partial charge on any atom is -0.464 e. The number of aromatic nitrogens is 4. The van der Waals surface area contributed by atoms with Crippen LogP contribution in [0.2, 0.25) is 0 Å². The van der Waals surface area contributed by atoms with Gasteiger partial charge in [-0.05, 0) is 29.3 Å². The molecule has 0 spiro atoms. The molecule has 0 aliphatic rings. The van der Waals surface area contributed by atoms with E-state index in [1.165, 1.54) is 7.11 Å². The predicted octanol–water partition coefficient (Wildman–Crippen LogP) is 2.24. The van der Waals surface area contributed by atoms with Crippen LogP contribution in [0.1, 0.15) is 36.8 Å². The van der Waals surface area contributed by atoms with Crippen molar-refractivity contribution in [3.8, 4) is 0 Å². The van der Waals surface area contributed by atoms with Crippen molar-refractivity contribution in [2.75, 3.05) is 12.4 Å². The maximum atomic E-state index is 12.5. The largest absolute Gasteiger partial charge is 0.464 e. The molecule has 0 aliphatic heterocycles. The second-order valence-corrected chi connectivity index (χ2v) is 5.71. The number of nitrogens with zero attached hydrogens (tertiary/aromatic N) is 4. The van der Waals surface area contributed by atoms with E-state index in [1.807, 2.05) is 13.8 Å². The van der Waals surface area contributed by atoms with Gasteiger partial charge in [0.2, 0.25) is 5.91 Å². The number of anilines is 1. The van der Waals surface area contributed by atoms with E-state index in [4.69, 9.17) is 4.74 Å². The molecule has 1 unspecified atom stereocenters. The highest BCUT2D eigenvalue weighted by atomic mass is 79.9. The monoisotopic (exact) mass is 383 g/mol. The molecular weight excluding hydrogens is 366 g/mol. The molecule has 9 heteroatoms. The number of methoxy groups -OCH3 is 1. The molecule has 2 rings (SSSR count). The summed E-state index contributed by atoms with van der Waals surface area (Å²) in [5.74, 6) is -0.869. The van der Waals surface area contributed by atoms with E-state index in [-0.39, 0.29) is 11.6 Å². The Kier molecular flexibility index (Phi) is 5.54. The Morgan fingerprint density at radius 3 is 2.65 bits per heavy atom. The molecule has 2 aromatic heterocycles. The molecule has 1 atom stereocenters. The maximum Gasteiger partial charge on any atom is 0.360 e. The van der Waals surface area contributed by atoms with Crippen molar-refractivity contribution >= 4 is 33.5 Å². The quantitative estimate of drug-likeness (QED) is 0.772. The van der Waals surface area contributed by atoms with Gasteiger partial charge in [0.1, 0.15) is 6.04 Å². The van der Waals surface area contributed by atoms with Crippen LogP contribution in [0.3, 0.4) is 0 Å². The minimum absolute atomic E-state index is 0.0826. The Morgan fingerprint density at radius 1 is 1.39 bits per heavy atom. The molecule has 1 amide bonds. The number of halogens is 1. The number of rotatable bonds is 6. The highest BCUT2D eigenvalue weighted by Crippen LogP contribution is 2.20. The summed E-state index contributed by atoms with van der Waals surface area (Å²) < 4.78 is 8.62. The summed E-state index contributed by atoms with van der Waals surface area (Å²) in [5, 5.41) is 11.0. The van der Waals surface area contributed by atoms with Crippen LogP contribution < -0.4 is 5.32 Å². The number of nitrogens with one attached hydrogen (secondary N) is 1. The molecule has 8 nitrogen and oxygen atoms in total. The van der Waals surface area contributed by atoms with Gasteiger partial charge in [-0.2, -0.15) is 10.2 Å². The first-order valence-electron chi connectivity index (χ1n) is 7.16. The van der Waals surface area contributed by atoms with Gasteiger partial charge >= 0.3 is 5.97 Å². The van der Waals surface area contributed by atoms with Crippen molar-refractivity contribution in [3.05, 3.63) is 28.8 Å². The van der Waals surface area contributed by atoms with Crippen LogP contribution in [0.4, 0.5) is 5.69 Å². The third-order valence-electron chi connectivity index (χ3n) is 3.30. The summed E-state index contributed by atoms with van der Waals surface area (Å²) in [7, 11) is 1.27. The number of carbonyl (C=O) groups is 2. The van der Waals surface area contributed by atoms with Gasteiger partial charge in [0.05, 0.1) is 23.5 Å². The molecule has 23 heavy (non-hydrogen) atoms. The number of ether oxygens (including phenoxy) is 1. The van der Waals surface area contributed by atoms with Gasteiger partial charge in [-0.3, -0.25) is 14.2 Å². The molecule has 0 bridgehead atoms. The summed E-state index contributed by atoms with van der Waals surface area (Å²) in [5.41, 5.74) is 0.410. The fourth-order valence-corrected chi connectivity index (χ4v) is 2.42. The van der Waals surface area contributed by atoms with Crippen LogP contribution >= 0.6 is 15.9 Å². The molecule has 2 aromatic rings. The van der Waals surface area contributed by atoms with E-state index in [2.05, 4.69) is 31.4 Å².